The van der Waals surface area contributed by atoms with E-state index in [-0.39, 0.29) is 11.7 Å². The molecule has 2 N–H and O–H groups in total. The minimum absolute atomic E-state index is 0.113. The normalized spacial score (nSPS) is 12.1. The van der Waals surface area contributed by atoms with Crippen LogP contribution in [-0.4, -0.2) is 31.4 Å². The van der Waals surface area contributed by atoms with Gasteiger partial charge in [0.15, 0.2) is 5.76 Å². The molecule has 0 spiro atoms. The van der Waals surface area contributed by atoms with E-state index in [9.17, 15) is 9.59 Å². The number of rotatable bonds is 6. The Kier molecular flexibility index (Phi) is 6.45. The molecule has 30 heavy (non-hydrogen) atoms. The minimum Gasteiger partial charge on any atom is -0.454 e. The molecule has 0 aliphatic heterocycles. The lowest BCUT2D eigenvalue weighted by molar-refractivity contribution is -0.125. The second kappa shape index (κ2) is 8.86. The molecule has 0 radical (unpaired) electrons. The molecule has 3 aromatic rings. The van der Waals surface area contributed by atoms with Crippen molar-refractivity contribution in [2.45, 2.75) is 47.7 Å². The predicted octanol–water partition coefficient (Wildman–Crippen LogP) is 2.81. The van der Waals surface area contributed by atoms with Gasteiger partial charge in [-0.3, -0.25) is 29.8 Å². The molecule has 10 heteroatoms. The molecule has 0 unspecified atom stereocenters. The van der Waals surface area contributed by atoms with Gasteiger partial charge in [-0.15, -0.1) is 0 Å². The van der Waals surface area contributed by atoms with Gasteiger partial charge >= 0.3 is 5.91 Å². The molecular weight excluding hydrogens is 452 g/mol. The van der Waals surface area contributed by atoms with Gasteiger partial charge in [-0.2, -0.15) is 10.2 Å². The van der Waals surface area contributed by atoms with Crippen LogP contribution >= 0.6 is 15.9 Å². The van der Waals surface area contributed by atoms with Crippen molar-refractivity contribution in [3.63, 3.8) is 0 Å². The monoisotopic (exact) mass is 476 g/mol. The number of hydrogen-bond acceptors (Lipinski definition) is 5. The molecule has 0 fully saturated rings. The van der Waals surface area contributed by atoms with Crippen LogP contribution in [0.4, 0.5) is 0 Å². The van der Waals surface area contributed by atoms with E-state index < -0.39 is 11.8 Å². The summed E-state index contributed by atoms with van der Waals surface area (Å²) >= 11 is 3.47. The molecular formula is C20H25BrN6O3. The predicted molar refractivity (Wildman–Crippen MR) is 114 cm³/mol. The molecule has 3 heterocycles. The molecule has 3 rings (SSSR count). The van der Waals surface area contributed by atoms with E-state index >= 15 is 0 Å². The van der Waals surface area contributed by atoms with Gasteiger partial charge in [0.05, 0.1) is 34.9 Å². The zero-order valence-electron chi connectivity index (χ0n) is 17.6. The number of carbonyl (C=O) groups excluding carboxylic acids is 2. The lowest BCUT2D eigenvalue weighted by Crippen LogP contribution is -2.44. The molecule has 3 aromatic heterocycles. The van der Waals surface area contributed by atoms with Gasteiger partial charge in [0.25, 0.3) is 0 Å². The first kappa shape index (κ1) is 21.8. The molecule has 0 saturated heterocycles. The average molecular weight is 477 g/mol. The maximum absolute atomic E-state index is 12.4. The van der Waals surface area contributed by atoms with Crippen molar-refractivity contribution in [1.82, 2.24) is 30.4 Å². The van der Waals surface area contributed by atoms with E-state index in [0.717, 1.165) is 27.2 Å². The van der Waals surface area contributed by atoms with Crippen molar-refractivity contribution in [2.24, 2.45) is 5.92 Å². The van der Waals surface area contributed by atoms with E-state index in [1.807, 2.05) is 33.8 Å². The van der Waals surface area contributed by atoms with Crippen LogP contribution in [0.5, 0.6) is 0 Å². The van der Waals surface area contributed by atoms with E-state index in [0.29, 0.717) is 18.8 Å². The molecule has 160 valence electrons. The standard InChI is InChI=1S/C20H25BrN6O3/c1-11(9-27-15(5)18(21)14(4)25-27)19(28)22-23-20(29)17-7-6-16(30-17)10-26-13(3)8-12(2)24-26/h6-8,11H,9-10H2,1-5H3,(H,22,28)(H,23,29)/t11-/m0/s1. The van der Waals surface area contributed by atoms with Crippen LogP contribution in [0.1, 0.15) is 46.0 Å². The van der Waals surface area contributed by atoms with Crippen molar-refractivity contribution in [2.75, 3.05) is 0 Å². The summed E-state index contributed by atoms with van der Waals surface area (Å²) in [5.74, 6) is -0.526. The summed E-state index contributed by atoms with van der Waals surface area (Å²) in [7, 11) is 0. The Morgan fingerprint density at radius 1 is 1.13 bits per heavy atom. The number of furan rings is 1. The van der Waals surface area contributed by atoms with Crippen molar-refractivity contribution >= 4 is 27.7 Å². The summed E-state index contributed by atoms with van der Waals surface area (Å²) in [6.07, 6.45) is 0. The highest BCUT2D eigenvalue weighted by molar-refractivity contribution is 9.10. The van der Waals surface area contributed by atoms with Crippen molar-refractivity contribution in [3.8, 4) is 0 Å². The summed E-state index contributed by atoms with van der Waals surface area (Å²) < 4.78 is 10.1. The fourth-order valence-corrected chi connectivity index (χ4v) is 3.35. The molecule has 0 aliphatic rings. The number of nitrogens with zero attached hydrogens (tertiary/aromatic N) is 4. The number of amides is 2. The van der Waals surface area contributed by atoms with E-state index in [1.54, 1.807) is 28.4 Å². The van der Waals surface area contributed by atoms with Crippen LogP contribution in [0.2, 0.25) is 0 Å². The van der Waals surface area contributed by atoms with Crippen LogP contribution in [-0.2, 0) is 17.9 Å². The summed E-state index contributed by atoms with van der Waals surface area (Å²) in [5.41, 5.74) is 8.57. The molecule has 1 atom stereocenters. The van der Waals surface area contributed by atoms with Gasteiger partial charge in [0.1, 0.15) is 5.76 Å². The third-order valence-corrected chi connectivity index (χ3v) is 5.93. The van der Waals surface area contributed by atoms with E-state index in [1.165, 1.54) is 0 Å². The third-order valence-electron chi connectivity index (χ3n) is 4.78. The smallest absolute Gasteiger partial charge is 0.305 e. The van der Waals surface area contributed by atoms with Crippen LogP contribution in [0, 0.1) is 33.6 Å². The Balaban J connectivity index is 1.53. The Morgan fingerprint density at radius 2 is 1.87 bits per heavy atom. The van der Waals surface area contributed by atoms with Gasteiger partial charge in [-0.1, -0.05) is 6.92 Å². The number of carbonyl (C=O) groups is 2. The maximum atomic E-state index is 12.4. The molecule has 0 aromatic carbocycles. The number of nitrogens with one attached hydrogen (secondary N) is 2. The Hall–Kier alpha value is -2.88. The quantitative estimate of drug-likeness (QED) is 0.531. The zero-order chi connectivity index (χ0) is 22.0. The minimum atomic E-state index is -0.524. The second-order valence-electron chi connectivity index (χ2n) is 7.36. The van der Waals surface area contributed by atoms with Gasteiger partial charge in [0, 0.05) is 11.4 Å². The van der Waals surface area contributed by atoms with Crippen molar-refractivity contribution in [3.05, 3.63) is 57.0 Å². The average Bonchev–Trinajstić information content (AvgIpc) is 3.35. The SMILES string of the molecule is Cc1cc(C)n(Cc2ccc(C(=O)NNC(=O)[C@@H](C)Cn3nc(C)c(Br)c3C)o2)n1. The molecule has 0 saturated carbocycles. The highest BCUT2D eigenvalue weighted by atomic mass is 79.9. The van der Waals surface area contributed by atoms with E-state index in [4.69, 9.17) is 4.42 Å². The Labute approximate surface area is 182 Å². The lowest BCUT2D eigenvalue weighted by atomic mass is 10.1. The number of aryl methyl sites for hydroxylation is 3. The van der Waals surface area contributed by atoms with Crippen molar-refractivity contribution < 1.29 is 14.0 Å². The molecule has 2 amide bonds. The largest absolute Gasteiger partial charge is 0.454 e. The topological polar surface area (TPSA) is 107 Å². The van der Waals surface area contributed by atoms with Crippen LogP contribution in [0.3, 0.4) is 0 Å². The first-order chi connectivity index (χ1) is 14.2. The van der Waals surface area contributed by atoms with Gasteiger partial charge < -0.3 is 4.42 Å². The van der Waals surface area contributed by atoms with E-state index in [2.05, 4.69) is 37.0 Å². The first-order valence-electron chi connectivity index (χ1n) is 9.55. The first-order valence-corrected chi connectivity index (χ1v) is 10.3. The second-order valence-corrected chi connectivity index (χ2v) is 8.16. The third kappa shape index (κ3) is 4.81. The number of aromatic nitrogens is 4. The fraction of sp³-hybridized carbons (Fsp3) is 0.400. The fourth-order valence-electron chi connectivity index (χ4n) is 3.07. The molecule has 0 bridgehead atoms. The number of hydrogen-bond donors (Lipinski definition) is 2. The van der Waals surface area contributed by atoms with Crippen LogP contribution < -0.4 is 10.9 Å². The number of hydrazine groups is 1. The summed E-state index contributed by atoms with van der Waals surface area (Å²) in [6.45, 7) is 10.3. The summed E-state index contributed by atoms with van der Waals surface area (Å²) in [6, 6.07) is 5.26. The van der Waals surface area contributed by atoms with Crippen molar-refractivity contribution in [1.29, 1.82) is 0 Å². The molecule has 9 nitrogen and oxygen atoms in total. The zero-order valence-corrected chi connectivity index (χ0v) is 19.2. The Bertz CT molecular complexity index is 1080. The maximum Gasteiger partial charge on any atom is 0.305 e. The summed E-state index contributed by atoms with van der Waals surface area (Å²) in [5, 5.41) is 8.78. The van der Waals surface area contributed by atoms with Gasteiger partial charge in [-0.25, -0.2) is 0 Å². The highest BCUT2D eigenvalue weighted by Gasteiger charge is 2.19. The van der Waals surface area contributed by atoms with Gasteiger partial charge in [0.2, 0.25) is 5.91 Å². The summed E-state index contributed by atoms with van der Waals surface area (Å²) in [4.78, 5) is 24.7. The van der Waals surface area contributed by atoms with Crippen LogP contribution in [0.15, 0.2) is 27.1 Å². The Morgan fingerprint density at radius 3 is 2.47 bits per heavy atom. The van der Waals surface area contributed by atoms with Gasteiger partial charge in [-0.05, 0) is 61.8 Å². The number of halogens is 1. The van der Waals surface area contributed by atoms with Crippen LogP contribution in [0.25, 0.3) is 0 Å². The molecule has 0 aliphatic carbocycles. The highest BCUT2D eigenvalue weighted by Crippen LogP contribution is 2.20. The lowest BCUT2D eigenvalue weighted by Gasteiger charge is -2.13.